The molecule has 0 unspecified atom stereocenters. The van der Waals surface area contributed by atoms with Crippen LogP contribution in [0.15, 0.2) is 54.6 Å². The van der Waals surface area contributed by atoms with Crippen LogP contribution in [-0.4, -0.2) is 49.5 Å². The number of para-hydroxylation sites is 1. The van der Waals surface area contributed by atoms with Gasteiger partial charge in [-0.25, -0.2) is 8.42 Å². The van der Waals surface area contributed by atoms with Crippen molar-refractivity contribution < 1.29 is 18.0 Å². The van der Waals surface area contributed by atoms with E-state index < -0.39 is 34.1 Å². The Bertz CT molecular complexity index is 1060. The Labute approximate surface area is 197 Å². The number of hydrogen-bond donors (Lipinski definition) is 1. The molecule has 0 aliphatic rings. The number of hydrogen-bond acceptors (Lipinski definition) is 4. The Balaban J connectivity index is 2.45. The van der Waals surface area contributed by atoms with Crippen LogP contribution in [0.3, 0.4) is 0 Å². The molecule has 1 N–H and O–H groups in total. The van der Waals surface area contributed by atoms with Crippen molar-refractivity contribution in [3.63, 3.8) is 0 Å². The average Bonchev–Trinajstić information content (AvgIpc) is 2.71. The van der Waals surface area contributed by atoms with Crippen molar-refractivity contribution >= 4 is 27.5 Å². The first-order valence-electron chi connectivity index (χ1n) is 11.0. The van der Waals surface area contributed by atoms with Crippen molar-refractivity contribution in [2.24, 2.45) is 0 Å². The number of anilines is 1. The van der Waals surface area contributed by atoms with E-state index in [0.717, 1.165) is 21.7 Å². The molecule has 2 aromatic carbocycles. The van der Waals surface area contributed by atoms with Gasteiger partial charge in [0.1, 0.15) is 12.6 Å². The standard InChI is InChI=1S/C25H35N3O4S/c1-7-22(24(30)26-25(3,4)5)27(17-20-14-12-11-13-19(20)2)23(29)18-28(33(6,31)32)21-15-9-8-10-16-21/h8-16,22H,7,17-18H2,1-6H3,(H,26,30)/t22-/m0/s1. The average molecular weight is 474 g/mol. The van der Waals surface area contributed by atoms with E-state index in [1.807, 2.05) is 58.9 Å². The maximum atomic E-state index is 13.6. The molecule has 2 aromatic rings. The zero-order valence-electron chi connectivity index (χ0n) is 20.3. The minimum absolute atomic E-state index is 0.202. The molecule has 2 rings (SSSR count). The van der Waals surface area contributed by atoms with Gasteiger partial charge in [0.2, 0.25) is 21.8 Å². The summed E-state index contributed by atoms with van der Waals surface area (Å²) in [7, 11) is -3.72. The van der Waals surface area contributed by atoms with E-state index in [0.29, 0.717) is 12.1 Å². The Morgan fingerprint density at radius 3 is 2.09 bits per heavy atom. The predicted molar refractivity (Wildman–Crippen MR) is 132 cm³/mol. The Morgan fingerprint density at radius 1 is 1.00 bits per heavy atom. The molecule has 33 heavy (non-hydrogen) atoms. The molecule has 0 aliphatic carbocycles. The van der Waals surface area contributed by atoms with Gasteiger partial charge in [0.15, 0.2) is 0 Å². The Morgan fingerprint density at radius 2 is 1.58 bits per heavy atom. The van der Waals surface area contributed by atoms with Crippen LogP contribution in [0, 0.1) is 6.92 Å². The monoisotopic (exact) mass is 473 g/mol. The summed E-state index contributed by atoms with van der Waals surface area (Å²) < 4.78 is 26.2. The van der Waals surface area contributed by atoms with Crippen LogP contribution >= 0.6 is 0 Å². The number of nitrogens with one attached hydrogen (secondary N) is 1. The van der Waals surface area contributed by atoms with Gasteiger partial charge in [-0.05, 0) is 57.4 Å². The van der Waals surface area contributed by atoms with E-state index in [9.17, 15) is 18.0 Å². The summed E-state index contributed by atoms with van der Waals surface area (Å²) in [5.41, 5.74) is 1.82. The van der Waals surface area contributed by atoms with Gasteiger partial charge in [0.25, 0.3) is 0 Å². The highest BCUT2D eigenvalue weighted by atomic mass is 32.2. The molecular weight excluding hydrogens is 438 g/mol. The summed E-state index contributed by atoms with van der Waals surface area (Å²) in [6, 6.07) is 15.4. The lowest BCUT2D eigenvalue weighted by Gasteiger charge is -2.34. The van der Waals surface area contributed by atoms with Crippen molar-refractivity contribution in [2.75, 3.05) is 17.1 Å². The van der Waals surface area contributed by atoms with Gasteiger partial charge in [0, 0.05) is 12.1 Å². The molecule has 7 nitrogen and oxygen atoms in total. The highest BCUT2D eigenvalue weighted by Gasteiger charge is 2.33. The van der Waals surface area contributed by atoms with E-state index in [-0.39, 0.29) is 12.5 Å². The molecule has 8 heteroatoms. The molecule has 0 fully saturated rings. The number of carbonyl (C=O) groups is 2. The Hall–Kier alpha value is -2.87. The van der Waals surface area contributed by atoms with Gasteiger partial charge in [-0.15, -0.1) is 0 Å². The molecule has 0 saturated heterocycles. The summed E-state index contributed by atoms with van der Waals surface area (Å²) in [6.45, 7) is 9.24. The second-order valence-electron chi connectivity index (χ2n) is 9.22. The van der Waals surface area contributed by atoms with Crippen LogP contribution in [0.5, 0.6) is 0 Å². The van der Waals surface area contributed by atoms with Crippen LogP contribution in [0.25, 0.3) is 0 Å². The Kier molecular flexibility index (Phi) is 8.66. The zero-order valence-corrected chi connectivity index (χ0v) is 21.1. The van der Waals surface area contributed by atoms with Gasteiger partial charge < -0.3 is 10.2 Å². The van der Waals surface area contributed by atoms with Crippen molar-refractivity contribution in [3.05, 3.63) is 65.7 Å². The first kappa shape index (κ1) is 26.4. The molecule has 0 aliphatic heterocycles. The fraction of sp³-hybridized carbons (Fsp3) is 0.440. The van der Waals surface area contributed by atoms with Gasteiger partial charge in [0.05, 0.1) is 11.9 Å². The molecule has 0 radical (unpaired) electrons. The van der Waals surface area contributed by atoms with Crippen molar-refractivity contribution in [2.45, 2.75) is 59.2 Å². The molecule has 180 valence electrons. The number of amides is 2. The van der Waals surface area contributed by atoms with Crippen molar-refractivity contribution in [3.8, 4) is 0 Å². The lowest BCUT2D eigenvalue weighted by molar-refractivity contribution is -0.141. The highest BCUT2D eigenvalue weighted by molar-refractivity contribution is 7.92. The molecule has 1 atom stereocenters. The quantitative estimate of drug-likeness (QED) is 0.604. The maximum absolute atomic E-state index is 13.6. The van der Waals surface area contributed by atoms with E-state index in [2.05, 4.69) is 5.32 Å². The number of sulfonamides is 1. The summed E-state index contributed by atoms with van der Waals surface area (Å²) in [5, 5.41) is 2.96. The first-order chi connectivity index (χ1) is 15.3. The second-order valence-corrected chi connectivity index (χ2v) is 11.1. The summed E-state index contributed by atoms with van der Waals surface area (Å²) in [4.78, 5) is 28.2. The van der Waals surface area contributed by atoms with Crippen LogP contribution in [0.1, 0.15) is 45.2 Å². The highest BCUT2D eigenvalue weighted by Crippen LogP contribution is 2.20. The smallest absolute Gasteiger partial charge is 0.244 e. The third-order valence-corrected chi connectivity index (χ3v) is 6.35. The van der Waals surface area contributed by atoms with Crippen molar-refractivity contribution in [1.29, 1.82) is 0 Å². The van der Waals surface area contributed by atoms with Gasteiger partial charge >= 0.3 is 0 Å². The first-order valence-corrected chi connectivity index (χ1v) is 12.9. The number of aryl methyl sites for hydroxylation is 1. The minimum Gasteiger partial charge on any atom is -0.350 e. The van der Waals surface area contributed by atoms with Crippen molar-refractivity contribution in [1.82, 2.24) is 10.2 Å². The fourth-order valence-corrected chi connectivity index (χ4v) is 4.40. The van der Waals surface area contributed by atoms with Gasteiger partial charge in [-0.2, -0.15) is 0 Å². The predicted octanol–water partition coefficient (Wildman–Crippen LogP) is 3.48. The van der Waals surface area contributed by atoms with E-state index in [4.69, 9.17) is 0 Å². The molecule has 0 bridgehead atoms. The van der Waals surface area contributed by atoms with Crippen LogP contribution < -0.4 is 9.62 Å². The number of benzene rings is 2. The molecule has 2 amide bonds. The third kappa shape index (κ3) is 7.60. The summed E-state index contributed by atoms with van der Waals surface area (Å²) in [6.07, 6.45) is 1.46. The third-order valence-electron chi connectivity index (χ3n) is 5.21. The fourth-order valence-electron chi connectivity index (χ4n) is 3.55. The number of carbonyl (C=O) groups excluding carboxylic acids is 2. The van der Waals surface area contributed by atoms with E-state index in [1.54, 1.807) is 30.3 Å². The normalized spacial score (nSPS) is 12.7. The van der Waals surface area contributed by atoms with E-state index in [1.165, 1.54) is 4.90 Å². The molecule has 0 heterocycles. The van der Waals surface area contributed by atoms with Gasteiger partial charge in [-0.3, -0.25) is 13.9 Å². The molecule has 0 saturated carbocycles. The van der Waals surface area contributed by atoms with Gasteiger partial charge in [-0.1, -0.05) is 49.4 Å². The van der Waals surface area contributed by atoms with Crippen LogP contribution in [0.4, 0.5) is 5.69 Å². The summed E-state index contributed by atoms with van der Waals surface area (Å²) >= 11 is 0. The minimum atomic E-state index is -3.72. The second kappa shape index (κ2) is 10.8. The van der Waals surface area contributed by atoms with Crippen LogP contribution in [-0.2, 0) is 26.2 Å². The largest absolute Gasteiger partial charge is 0.350 e. The molecule has 0 aromatic heterocycles. The topological polar surface area (TPSA) is 86.8 Å². The van der Waals surface area contributed by atoms with Crippen LogP contribution in [0.2, 0.25) is 0 Å². The summed E-state index contributed by atoms with van der Waals surface area (Å²) in [5.74, 6) is -0.707. The lowest BCUT2D eigenvalue weighted by atomic mass is 10.0. The zero-order chi connectivity index (χ0) is 24.8. The number of nitrogens with zero attached hydrogens (tertiary/aromatic N) is 2. The SMILES string of the molecule is CC[C@@H](C(=O)NC(C)(C)C)N(Cc1ccccc1C)C(=O)CN(c1ccccc1)S(C)(=O)=O. The lowest BCUT2D eigenvalue weighted by Crippen LogP contribution is -2.55. The maximum Gasteiger partial charge on any atom is 0.244 e. The molecular formula is C25H35N3O4S. The van der Waals surface area contributed by atoms with E-state index >= 15 is 0 Å². The molecule has 0 spiro atoms. The number of rotatable bonds is 9.